The van der Waals surface area contributed by atoms with Gasteiger partial charge < -0.3 is 9.72 Å². The Balaban J connectivity index is 1.81. The number of benzene rings is 2. The fourth-order valence-corrected chi connectivity index (χ4v) is 3.40. The predicted molar refractivity (Wildman–Crippen MR) is 91.4 cm³/mol. The van der Waals surface area contributed by atoms with Gasteiger partial charge in [-0.25, -0.2) is 4.98 Å². The highest BCUT2D eigenvalue weighted by Gasteiger charge is 2.11. The van der Waals surface area contributed by atoms with Gasteiger partial charge in [-0.2, -0.15) is 0 Å². The molecular formula is C18H14N2OS. The molecule has 0 saturated heterocycles. The summed E-state index contributed by atoms with van der Waals surface area (Å²) in [6, 6.07) is 16.3. The molecule has 1 N–H and O–H groups in total. The molecule has 108 valence electrons. The fourth-order valence-electron chi connectivity index (χ4n) is 2.54. The summed E-state index contributed by atoms with van der Waals surface area (Å²) in [4.78, 5) is 8.08. The number of ether oxygens (including phenoxy) is 1. The summed E-state index contributed by atoms with van der Waals surface area (Å²) in [6.45, 7) is 0. The monoisotopic (exact) mass is 306 g/mol. The molecule has 4 heteroatoms. The van der Waals surface area contributed by atoms with Crippen LogP contribution in [0.2, 0.25) is 0 Å². The smallest absolute Gasteiger partial charge is 0.126 e. The number of hydrogen-bond acceptors (Lipinski definition) is 3. The van der Waals surface area contributed by atoms with E-state index in [9.17, 15) is 0 Å². The predicted octanol–water partition coefficient (Wildman–Crippen LogP) is 4.97. The van der Waals surface area contributed by atoms with Crippen LogP contribution < -0.4 is 4.74 Å². The van der Waals surface area contributed by atoms with Crippen molar-refractivity contribution in [2.24, 2.45) is 0 Å². The van der Waals surface area contributed by atoms with Crippen molar-refractivity contribution in [3.05, 3.63) is 60.1 Å². The van der Waals surface area contributed by atoms with Crippen molar-refractivity contribution in [1.82, 2.24) is 9.97 Å². The van der Waals surface area contributed by atoms with E-state index < -0.39 is 0 Å². The van der Waals surface area contributed by atoms with E-state index >= 15 is 0 Å². The van der Waals surface area contributed by atoms with Gasteiger partial charge in [0.1, 0.15) is 10.8 Å². The first kappa shape index (κ1) is 13.1. The third-order valence-electron chi connectivity index (χ3n) is 3.69. The Morgan fingerprint density at radius 1 is 1.09 bits per heavy atom. The van der Waals surface area contributed by atoms with Crippen molar-refractivity contribution in [2.45, 2.75) is 0 Å². The molecule has 2 heterocycles. The summed E-state index contributed by atoms with van der Waals surface area (Å²) in [5, 5.41) is 4.25. The second kappa shape index (κ2) is 5.31. The van der Waals surface area contributed by atoms with Gasteiger partial charge in [0, 0.05) is 33.6 Å². The van der Waals surface area contributed by atoms with Crippen LogP contribution in [0.1, 0.15) is 0 Å². The summed E-state index contributed by atoms with van der Waals surface area (Å²) in [5.41, 5.74) is 4.36. The standard InChI is InChI=1S/C18H14N2OS/c1-21-13-7-8-16-14(9-13)15(10-19-16)18-20-17(11-22-18)12-5-3-2-4-6-12/h2-11,19H,1H3. The van der Waals surface area contributed by atoms with Crippen molar-refractivity contribution in [1.29, 1.82) is 0 Å². The quantitative estimate of drug-likeness (QED) is 0.580. The maximum Gasteiger partial charge on any atom is 0.126 e. The van der Waals surface area contributed by atoms with Gasteiger partial charge in [0.05, 0.1) is 12.8 Å². The van der Waals surface area contributed by atoms with Gasteiger partial charge in [0.2, 0.25) is 0 Å². The highest BCUT2D eigenvalue weighted by atomic mass is 32.1. The molecule has 0 atom stereocenters. The molecule has 0 aliphatic rings. The van der Waals surface area contributed by atoms with Crippen molar-refractivity contribution in [3.63, 3.8) is 0 Å². The zero-order valence-corrected chi connectivity index (χ0v) is 12.9. The van der Waals surface area contributed by atoms with Crippen molar-refractivity contribution in [2.75, 3.05) is 7.11 Å². The molecule has 0 aliphatic heterocycles. The van der Waals surface area contributed by atoms with Crippen LogP contribution in [0.25, 0.3) is 32.7 Å². The van der Waals surface area contributed by atoms with Crippen LogP contribution in [-0.4, -0.2) is 17.1 Å². The first-order valence-electron chi connectivity index (χ1n) is 7.01. The second-order valence-electron chi connectivity index (χ2n) is 5.02. The summed E-state index contributed by atoms with van der Waals surface area (Å²) in [6.07, 6.45) is 2.01. The molecule has 0 unspecified atom stereocenters. The van der Waals surface area contributed by atoms with E-state index in [4.69, 9.17) is 9.72 Å². The molecule has 0 fully saturated rings. The van der Waals surface area contributed by atoms with Crippen LogP contribution in [0.15, 0.2) is 60.1 Å². The molecule has 22 heavy (non-hydrogen) atoms. The van der Waals surface area contributed by atoms with Gasteiger partial charge in [-0.15, -0.1) is 11.3 Å². The number of hydrogen-bond donors (Lipinski definition) is 1. The molecule has 0 radical (unpaired) electrons. The molecule has 4 rings (SSSR count). The van der Waals surface area contributed by atoms with Crippen LogP contribution in [0.4, 0.5) is 0 Å². The lowest BCUT2D eigenvalue weighted by atomic mass is 10.1. The number of methoxy groups -OCH3 is 1. The minimum absolute atomic E-state index is 0.855. The second-order valence-corrected chi connectivity index (χ2v) is 5.88. The minimum atomic E-state index is 0.855. The summed E-state index contributed by atoms with van der Waals surface area (Å²) in [7, 11) is 1.68. The summed E-state index contributed by atoms with van der Waals surface area (Å²) < 4.78 is 5.33. The maximum atomic E-state index is 5.33. The van der Waals surface area contributed by atoms with Crippen LogP contribution in [0.3, 0.4) is 0 Å². The SMILES string of the molecule is COc1ccc2[nH]cc(-c3nc(-c4ccccc4)cs3)c2c1. The number of rotatable bonds is 3. The van der Waals surface area contributed by atoms with Crippen molar-refractivity contribution >= 4 is 22.2 Å². The highest BCUT2D eigenvalue weighted by Crippen LogP contribution is 2.34. The molecule has 2 aromatic heterocycles. The zero-order valence-electron chi connectivity index (χ0n) is 12.0. The minimum Gasteiger partial charge on any atom is -0.497 e. The van der Waals surface area contributed by atoms with E-state index in [0.717, 1.165) is 38.5 Å². The number of aromatic amines is 1. The third-order valence-corrected chi connectivity index (χ3v) is 4.57. The normalized spacial score (nSPS) is 11.0. The van der Waals surface area contributed by atoms with Crippen molar-refractivity contribution < 1.29 is 4.74 Å². The Morgan fingerprint density at radius 2 is 1.95 bits per heavy atom. The molecule has 0 bridgehead atoms. The molecule has 4 aromatic rings. The Morgan fingerprint density at radius 3 is 2.77 bits per heavy atom. The number of nitrogens with zero attached hydrogens (tertiary/aromatic N) is 1. The largest absolute Gasteiger partial charge is 0.497 e. The Kier molecular flexibility index (Phi) is 3.16. The lowest BCUT2D eigenvalue weighted by Gasteiger charge is -2.00. The van der Waals surface area contributed by atoms with Gasteiger partial charge in [0.15, 0.2) is 0 Å². The Bertz CT molecular complexity index is 925. The van der Waals surface area contributed by atoms with E-state index in [0.29, 0.717) is 0 Å². The average Bonchev–Trinajstić information content (AvgIpc) is 3.21. The summed E-state index contributed by atoms with van der Waals surface area (Å²) in [5.74, 6) is 0.855. The lowest BCUT2D eigenvalue weighted by Crippen LogP contribution is -1.82. The molecular weight excluding hydrogens is 292 g/mol. The van der Waals surface area contributed by atoms with Crippen LogP contribution in [0, 0.1) is 0 Å². The summed E-state index contributed by atoms with van der Waals surface area (Å²) >= 11 is 1.66. The molecule has 0 amide bonds. The molecule has 0 saturated carbocycles. The van der Waals surface area contributed by atoms with Crippen LogP contribution in [0.5, 0.6) is 5.75 Å². The van der Waals surface area contributed by atoms with Crippen LogP contribution >= 0.6 is 11.3 Å². The topological polar surface area (TPSA) is 37.9 Å². The Hall–Kier alpha value is -2.59. The zero-order chi connectivity index (χ0) is 14.9. The van der Waals surface area contributed by atoms with Gasteiger partial charge >= 0.3 is 0 Å². The number of fused-ring (bicyclic) bond motifs is 1. The number of H-pyrrole nitrogens is 1. The molecule has 0 aliphatic carbocycles. The van der Waals surface area contributed by atoms with Crippen LogP contribution in [-0.2, 0) is 0 Å². The Labute approximate surface area is 132 Å². The average molecular weight is 306 g/mol. The fraction of sp³-hybridized carbons (Fsp3) is 0.0556. The van der Waals surface area contributed by atoms with Crippen molar-refractivity contribution in [3.8, 4) is 27.6 Å². The van der Waals surface area contributed by atoms with Gasteiger partial charge in [0.25, 0.3) is 0 Å². The van der Waals surface area contributed by atoms with E-state index in [-0.39, 0.29) is 0 Å². The van der Waals surface area contributed by atoms with E-state index in [1.165, 1.54) is 0 Å². The van der Waals surface area contributed by atoms with Gasteiger partial charge in [-0.05, 0) is 18.2 Å². The molecule has 2 aromatic carbocycles. The number of aromatic nitrogens is 2. The first-order valence-corrected chi connectivity index (χ1v) is 7.89. The third kappa shape index (κ3) is 2.18. The number of thiazole rings is 1. The first-order chi connectivity index (χ1) is 10.8. The van der Waals surface area contributed by atoms with E-state index in [2.05, 4.69) is 22.5 Å². The lowest BCUT2D eigenvalue weighted by molar-refractivity contribution is 0.415. The maximum absolute atomic E-state index is 5.33. The highest BCUT2D eigenvalue weighted by molar-refractivity contribution is 7.13. The van der Waals surface area contributed by atoms with Gasteiger partial charge in [-0.3, -0.25) is 0 Å². The van der Waals surface area contributed by atoms with E-state index in [1.54, 1.807) is 18.4 Å². The molecule has 0 spiro atoms. The number of nitrogens with one attached hydrogen (secondary N) is 1. The molecule has 3 nitrogen and oxygen atoms in total. The van der Waals surface area contributed by atoms with E-state index in [1.807, 2.05) is 42.6 Å². The van der Waals surface area contributed by atoms with Gasteiger partial charge in [-0.1, -0.05) is 30.3 Å².